The summed E-state index contributed by atoms with van der Waals surface area (Å²) in [6, 6.07) is 8.07. The van der Waals surface area contributed by atoms with Crippen LogP contribution in [0.2, 0.25) is 0 Å². The van der Waals surface area contributed by atoms with Crippen LogP contribution in [-0.4, -0.2) is 17.0 Å². The van der Waals surface area contributed by atoms with E-state index in [0.29, 0.717) is 18.3 Å². The maximum absolute atomic E-state index is 12.9. The zero-order valence-electron chi connectivity index (χ0n) is 10.9. The molecule has 1 aliphatic carbocycles. The molecule has 2 aromatic rings. The molecule has 0 saturated heterocycles. The molecule has 1 aromatic heterocycles. The van der Waals surface area contributed by atoms with Crippen molar-refractivity contribution >= 4 is 23.1 Å². The van der Waals surface area contributed by atoms with Crippen LogP contribution in [0.1, 0.15) is 18.4 Å². The number of rotatable bonds is 4. The minimum Gasteiger partial charge on any atom is -0.317 e. The number of nitrogens with one attached hydrogen (secondary N) is 1. The number of thiophene rings is 1. The molecule has 1 heterocycles. The van der Waals surface area contributed by atoms with E-state index in [1.54, 1.807) is 23.5 Å². The lowest BCUT2D eigenvalue weighted by molar-refractivity contribution is 0.206. The Kier molecular flexibility index (Phi) is 3.69. The lowest BCUT2D eigenvalue weighted by Gasteiger charge is -2.22. The molecule has 20 heavy (non-hydrogen) atoms. The van der Waals surface area contributed by atoms with Crippen molar-refractivity contribution in [2.45, 2.75) is 25.4 Å². The normalized spacial score (nSPS) is 14.1. The topological polar surface area (TPSA) is 32.3 Å². The second kappa shape index (κ2) is 5.63. The Balaban J connectivity index is 1.67. The zero-order valence-corrected chi connectivity index (χ0v) is 11.7. The first-order valence-electron chi connectivity index (χ1n) is 6.56. The highest BCUT2D eigenvalue weighted by atomic mass is 32.1. The largest absolute Gasteiger partial charge is 0.322 e. The van der Waals surface area contributed by atoms with Crippen molar-refractivity contribution in [3.8, 4) is 0 Å². The van der Waals surface area contributed by atoms with E-state index in [9.17, 15) is 9.18 Å². The van der Waals surface area contributed by atoms with E-state index in [2.05, 4.69) is 10.7 Å². The lowest BCUT2D eigenvalue weighted by Crippen LogP contribution is -2.36. The fourth-order valence-corrected chi connectivity index (χ4v) is 2.72. The van der Waals surface area contributed by atoms with Gasteiger partial charge in [0.05, 0.1) is 0 Å². The van der Waals surface area contributed by atoms with Crippen molar-refractivity contribution in [2.75, 3.05) is 5.32 Å². The number of hydrogen-bond donors (Lipinski definition) is 1. The molecule has 3 rings (SSSR count). The zero-order chi connectivity index (χ0) is 13.9. The number of halogens is 1. The van der Waals surface area contributed by atoms with Gasteiger partial charge in [0, 0.05) is 18.3 Å². The first kappa shape index (κ1) is 13.1. The SMILES string of the molecule is O=C(Nc1ccc(F)cc1)N(Cc1ccsc1)C1CC1. The Bertz CT molecular complexity index is 578. The quantitative estimate of drug-likeness (QED) is 0.904. The van der Waals surface area contributed by atoms with E-state index in [4.69, 9.17) is 0 Å². The molecule has 1 saturated carbocycles. The predicted octanol–water partition coefficient (Wildman–Crippen LogP) is 4.08. The molecule has 0 spiro atoms. The number of hydrogen-bond acceptors (Lipinski definition) is 2. The molecular formula is C15H15FN2OS. The van der Waals surface area contributed by atoms with Crippen LogP contribution >= 0.6 is 11.3 Å². The van der Waals surface area contributed by atoms with E-state index >= 15 is 0 Å². The van der Waals surface area contributed by atoms with Crippen LogP contribution in [-0.2, 0) is 6.54 Å². The molecule has 2 amide bonds. The third kappa shape index (κ3) is 3.17. The number of carbonyl (C=O) groups is 1. The van der Waals surface area contributed by atoms with Crippen molar-refractivity contribution in [1.29, 1.82) is 0 Å². The van der Waals surface area contributed by atoms with Gasteiger partial charge < -0.3 is 10.2 Å². The molecule has 0 radical (unpaired) electrons. The van der Waals surface area contributed by atoms with Crippen LogP contribution in [0.4, 0.5) is 14.9 Å². The van der Waals surface area contributed by atoms with Gasteiger partial charge in [-0.1, -0.05) is 0 Å². The van der Waals surface area contributed by atoms with Crippen LogP contribution in [0, 0.1) is 5.82 Å². The average Bonchev–Trinajstić information content (AvgIpc) is 3.15. The van der Waals surface area contributed by atoms with Crippen molar-refractivity contribution < 1.29 is 9.18 Å². The van der Waals surface area contributed by atoms with Crippen LogP contribution < -0.4 is 5.32 Å². The summed E-state index contributed by atoms with van der Waals surface area (Å²) in [5, 5.41) is 6.90. The first-order valence-corrected chi connectivity index (χ1v) is 7.51. The first-order chi connectivity index (χ1) is 9.72. The van der Waals surface area contributed by atoms with Gasteiger partial charge in [0.15, 0.2) is 0 Å². The highest BCUT2D eigenvalue weighted by molar-refractivity contribution is 7.07. The Morgan fingerprint density at radius 2 is 2.05 bits per heavy atom. The Labute approximate surface area is 121 Å². The molecule has 0 bridgehead atoms. The van der Waals surface area contributed by atoms with E-state index in [1.807, 2.05) is 16.3 Å². The lowest BCUT2D eigenvalue weighted by atomic mass is 10.3. The van der Waals surface area contributed by atoms with E-state index in [1.165, 1.54) is 12.1 Å². The summed E-state index contributed by atoms with van der Waals surface area (Å²) >= 11 is 1.63. The number of amides is 2. The number of nitrogens with zero attached hydrogens (tertiary/aromatic N) is 1. The second-order valence-electron chi connectivity index (χ2n) is 4.93. The second-order valence-corrected chi connectivity index (χ2v) is 5.71. The number of anilines is 1. The molecule has 1 aromatic carbocycles. The van der Waals surface area contributed by atoms with Crippen molar-refractivity contribution in [3.05, 3.63) is 52.5 Å². The maximum Gasteiger partial charge on any atom is 0.322 e. The van der Waals surface area contributed by atoms with Crippen LogP contribution in [0.3, 0.4) is 0 Å². The molecule has 0 aliphatic heterocycles. The third-order valence-electron chi connectivity index (χ3n) is 3.28. The molecule has 0 unspecified atom stereocenters. The van der Waals surface area contributed by atoms with E-state index in [0.717, 1.165) is 18.4 Å². The summed E-state index contributed by atoms with van der Waals surface area (Å²) in [6.07, 6.45) is 2.11. The smallest absolute Gasteiger partial charge is 0.317 e. The van der Waals surface area contributed by atoms with Gasteiger partial charge in [-0.15, -0.1) is 0 Å². The standard InChI is InChI=1S/C15H15FN2OS/c16-12-1-3-13(4-2-12)17-15(19)18(14-5-6-14)9-11-7-8-20-10-11/h1-4,7-8,10,14H,5-6,9H2,(H,17,19). The van der Waals surface area contributed by atoms with Gasteiger partial charge in [-0.2, -0.15) is 11.3 Å². The highest BCUT2D eigenvalue weighted by Gasteiger charge is 2.32. The molecular weight excluding hydrogens is 275 g/mol. The molecule has 5 heteroatoms. The van der Waals surface area contributed by atoms with Crippen LogP contribution in [0.25, 0.3) is 0 Å². The number of urea groups is 1. The summed E-state index contributed by atoms with van der Waals surface area (Å²) in [5.74, 6) is -0.305. The Hall–Kier alpha value is -1.88. The Morgan fingerprint density at radius 1 is 1.30 bits per heavy atom. The summed E-state index contributed by atoms with van der Waals surface area (Å²) in [6.45, 7) is 0.626. The average molecular weight is 290 g/mol. The minimum atomic E-state index is -0.305. The van der Waals surface area contributed by atoms with Gasteiger partial charge in [-0.3, -0.25) is 0 Å². The van der Waals surface area contributed by atoms with E-state index < -0.39 is 0 Å². The highest BCUT2D eigenvalue weighted by Crippen LogP contribution is 2.29. The summed E-state index contributed by atoms with van der Waals surface area (Å²) in [5.41, 5.74) is 1.77. The van der Waals surface area contributed by atoms with Crippen molar-refractivity contribution in [1.82, 2.24) is 4.90 Å². The van der Waals surface area contributed by atoms with Gasteiger partial charge >= 0.3 is 6.03 Å². The van der Waals surface area contributed by atoms with Crippen LogP contribution in [0.5, 0.6) is 0 Å². The fraction of sp³-hybridized carbons (Fsp3) is 0.267. The summed E-state index contributed by atoms with van der Waals surface area (Å²) in [7, 11) is 0. The summed E-state index contributed by atoms with van der Waals surface area (Å²) in [4.78, 5) is 14.2. The van der Waals surface area contributed by atoms with Gasteiger partial charge in [0.2, 0.25) is 0 Å². The van der Waals surface area contributed by atoms with E-state index in [-0.39, 0.29) is 11.8 Å². The van der Waals surface area contributed by atoms with Gasteiger partial charge in [-0.25, -0.2) is 9.18 Å². The van der Waals surface area contributed by atoms with Gasteiger partial charge in [0.25, 0.3) is 0 Å². The minimum absolute atomic E-state index is 0.120. The molecule has 104 valence electrons. The predicted molar refractivity (Wildman–Crippen MR) is 78.3 cm³/mol. The van der Waals surface area contributed by atoms with Crippen molar-refractivity contribution in [2.24, 2.45) is 0 Å². The van der Waals surface area contributed by atoms with Gasteiger partial charge in [0.1, 0.15) is 5.82 Å². The fourth-order valence-electron chi connectivity index (χ4n) is 2.06. The monoisotopic (exact) mass is 290 g/mol. The number of benzene rings is 1. The molecule has 1 N–H and O–H groups in total. The molecule has 0 atom stereocenters. The van der Waals surface area contributed by atoms with Crippen LogP contribution in [0.15, 0.2) is 41.1 Å². The van der Waals surface area contributed by atoms with Crippen molar-refractivity contribution in [3.63, 3.8) is 0 Å². The molecule has 1 aliphatic rings. The molecule has 1 fully saturated rings. The molecule has 3 nitrogen and oxygen atoms in total. The third-order valence-corrected chi connectivity index (χ3v) is 4.01. The Morgan fingerprint density at radius 3 is 2.65 bits per heavy atom. The maximum atomic E-state index is 12.9. The summed E-state index contributed by atoms with van der Waals surface area (Å²) < 4.78 is 12.9. The number of carbonyl (C=O) groups excluding carboxylic acids is 1. The van der Waals surface area contributed by atoms with Gasteiger partial charge in [-0.05, 0) is 59.5 Å².